The summed E-state index contributed by atoms with van der Waals surface area (Å²) in [4.78, 5) is 21.2. The minimum Gasteiger partial charge on any atom is -0.508 e. The molecule has 2 heterocycles. The number of hydrogen-bond donors (Lipinski definition) is 1. The summed E-state index contributed by atoms with van der Waals surface area (Å²) in [6.45, 7) is 1.20. The van der Waals surface area contributed by atoms with Gasteiger partial charge < -0.3 is 14.7 Å². The Hall–Kier alpha value is -3.25. The summed E-state index contributed by atoms with van der Waals surface area (Å²) >= 11 is 1.74. The van der Waals surface area contributed by atoms with E-state index in [0.29, 0.717) is 19.0 Å². The number of carbonyl (C=O) groups is 1. The standard InChI is InChI=1S/C25H22N2O3S/c28-19-12-10-17(11-13-19)24-26-22-23(30-24)21-9-5-4-6-18(21)16-27(25(22)29)14-15-31-20-7-2-1-3-8-20/h1-13,22-23,28H,14-16H2. The molecule has 2 aliphatic rings. The SMILES string of the molecule is O=C1C2N=C(c3ccc(O)cc3)OC2c2ccccc2CN1CCSc1ccccc1. The first-order valence-electron chi connectivity index (χ1n) is 10.3. The van der Waals surface area contributed by atoms with Crippen molar-refractivity contribution in [1.29, 1.82) is 0 Å². The van der Waals surface area contributed by atoms with Gasteiger partial charge >= 0.3 is 0 Å². The number of aromatic hydroxyl groups is 1. The van der Waals surface area contributed by atoms with Crippen molar-refractivity contribution in [3.63, 3.8) is 0 Å². The summed E-state index contributed by atoms with van der Waals surface area (Å²) < 4.78 is 6.21. The van der Waals surface area contributed by atoms with E-state index in [9.17, 15) is 9.90 Å². The van der Waals surface area contributed by atoms with Crippen LogP contribution in [-0.2, 0) is 16.1 Å². The number of phenols is 1. The van der Waals surface area contributed by atoms with Gasteiger partial charge in [-0.15, -0.1) is 11.8 Å². The van der Waals surface area contributed by atoms with Crippen molar-refractivity contribution >= 4 is 23.6 Å². The van der Waals surface area contributed by atoms with E-state index >= 15 is 0 Å². The van der Waals surface area contributed by atoms with Crippen LogP contribution in [0.25, 0.3) is 0 Å². The minimum atomic E-state index is -0.603. The van der Waals surface area contributed by atoms with Gasteiger partial charge in [-0.05, 0) is 42.0 Å². The molecule has 2 unspecified atom stereocenters. The van der Waals surface area contributed by atoms with Crippen molar-refractivity contribution in [3.05, 3.63) is 95.6 Å². The Bertz CT molecular complexity index is 1120. The quantitative estimate of drug-likeness (QED) is 0.609. The number of rotatable bonds is 5. The third-order valence-corrected chi connectivity index (χ3v) is 6.55. The number of carbonyl (C=O) groups excluding carboxylic acids is 1. The van der Waals surface area contributed by atoms with Gasteiger partial charge in [-0.1, -0.05) is 42.5 Å². The van der Waals surface area contributed by atoms with Gasteiger partial charge in [-0.25, -0.2) is 4.99 Å². The van der Waals surface area contributed by atoms with Crippen LogP contribution in [0, 0.1) is 0 Å². The van der Waals surface area contributed by atoms with E-state index in [4.69, 9.17) is 4.74 Å². The van der Waals surface area contributed by atoms with Crippen LogP contribution in [-0.4, -0.2) is 40.2 Å². The molecule has 0 bridgehead atoms. The molecular formula is C25H22N2O3S. The van der Waals surface area contributed by atoms with E-state index < -0.39 is 12.1 Å². The largest absolute Gasteiger partial charge is 0.508 e. The molecule has 2 atom stereocenters. The lowest BCUT2D eigenvalue weighted by Gasteiger charge is -2.22. The van der Waals surface area contributed by atoms with E-state index in [1.807, 2.05) is 41.3 Å². The van der Waals surface area contributed by atoms with E-state index in [1.165, 1.54) is 4.90 Å². The average molecular weight is 431 g/mol. The second-order valence-corrected chi connectivity index (χ2v) is 8.75. The van der Waals surface area contributed by atoms with E-state index in [1.54, 1.807) is 36.0 Å². The van der Waals surface area contributed by atoms with Gasteiger partial charge in [0.1, 0.15) is 5.75 Å². The van der Waals surface area contributed by atoms with Crippen LogP contribution < -0.4 is 0 Å². The van der Waals surface area contributed by atoms with Crippen molar-refractivity contribution in [2.75, 3.05) is 12.3 Å². The number of benzene rings is 3. The topological polar surface area (TPSA) is 62.1 Å². The number of thioether (sulfide) groups is 1. The molecule has 0 fully saturated rings. The predicted octanol–water partition coefficient (Wildman–Crippen LogP) is 4.41. The van der Waals surface area contributed by atoms with E-state index in [2.05, 4.69) is 23.2 Å². The first-order chi connectivity index (χ1) is 15.2. The highest BCUT2D eigenvalue weighted by atomic mass is 32.2. The fourth-order valence-electron chi connectivity index (χ4n) is 3.98. The maximum Gasteiger partial charge on any atom is 0.252 e. The smallest absolute Gasteiger partial charge is 0.252 e. The number of hydrogen-bond acceptors (Lipinski definition) is 5. The molecule has 3 aromatic carbocycles. The van der Waals surface area contributed by atoms with E-state index in [-0.39, 0.29) is 11.7 Å². The fraction of sp³-hybridized carbons (Fsp3) is 0.200. The number of ether oxygens (including phenoxy) is 1. The van der Waals surface area contributed by atoms with Crippen LogP contribution in [0.4, 0.5) is 0 Å². The van der Waals surface area contributed by atoms with Crippen LogP contribution in [0.15, 0.2) is 88.8 Å². The monoisotopic (exact) mass is 430 g/mol. The van der Waals surface area contributed by atoms with Crippen LogP contribution in [0.3, 0.4) is 0 Å². The molecule has 0 saturated carbocycles. The first kappa shape index (κ1) is 19.7. The lowest BCUT2D eigenvalue weighted by Crippen LogP contribution is -2.38. The summed E-state index contributed by atoms with van der Waals surface area (Å²) in [5.41, 5.74) is 2.86. The highest BCUT2D eigenvalue weighted by Crippen LogP contribution is 2.37. The van der Waals surface area contributed by atoms with Crippen LogP contribution in [0.2, 0.25) is 0 Å². The molecule has 156 valence electrons. The average Bonchev–Trinajstić information content (AvgIpc) is 3.21. The molecule has 0 saturated heterocycles. The zero-order chi connectivity index (χ0) is 21.2. The van der Waals surface area contributed by atoms with Crippen LogP contribution in [0.5, 0.6) is 5.75 Å². The molecule has 0 spiro atoms. The van der Waals surface area contributed by atoms with Crippen LogP contribution in [0.1, 0.15) is 22.8 Å². The molecule has 5 nitrogen and oxygen atoms in total. The summed E-state index contributed by atoms with van der Waals surface area (Å²) in [7, 11) is 0. The molecule has 1 N–H and O–H groups in total. The number of fused-ring (bicyclic) bond motifs is 3. The lowest BCUT2D eigenvalue weighted by molar-refractivity contribution is -0.133. The van der Waals surface area contributed by atoms with E-state index in [0.717, 1.165) is 22.4 Å². The highest BCUT2D eigenvalue weighted by molar-refractivity contribution is 7.99. The molecule has 1 amide bonds. The summed E-state index contributed by atoms with van der Waals surface area (Å²) in [6, 6.07) is 24.4. The van der Waals surface area contributed by atoms with Gasteiger partial charge in [0.2, 0.25) is 5.90 Å². The van der Waals surface area contributed by atoms with Gasteiger partial charge in [0.05, 0.1) is 0 Å². The Morgan fingerprint density at radius 1 is 1.00 bits per heavy atom. The Kier molecular flexibility index (Phi) is 5.38. The minimum absolute atomic E-state index is 0.0105. The van der Waals surface area contributed by atoms with Gasteiger partial charge in [-0.3, -0.25) is 4.79 Å². The molecule has 0 radical (unpaired) electrons. The van der Waals surface area contributed by atoms with Crippen molar-refractivity contribution < 1.29 is 14.6 Å². The second-order valence-electron chi connectivity index (χ2n) is 7.58. The van der Waals surface area contributed by atoms with Crippen molar-refractivity contribution in [2.24, 2.45) is 4.99 Å². The first-order valence-corrected chi connectivity index (χ1v) is 11.3. The maximum atomic E-state index is 13.5. The Balaban J connectivity index is 1.40. The molecule has 31 heavy (non-hydrogen) atoms. The van der Waals surface area contributed by atoms with Gasteiger partial charge in [0.15, 0.2) is 12.1 Å². The number of amides is 1. The summed E-state index contributed by atoms with van der Waals surface area (Å²) in [6.07, 6.45) is -0.431. The van der Waals surface area contributed by atoms with Gasteiger partial charge in [0, 0.05) is 34.9 Å². The Morgan fingerprint density at radius 3 is 2.55 bits per heavy atom. The zero-order valence-electron chi connectivity index (χ0n) is 16.8. The Morgan fingerprint density at radius 2 is 1.74 bits per heavy atom. The second kappa shape index (κ2) is 8.47. The number of aliphatic imine (C=N–C) groups is 1. The molecule has 5 rings (SSSR count). The van der Waals surface area contributed by atoms with Gasteiger partial charge in [0.25, 0.3) is 5.91 Å². The maximum absolute atomic E-state index is 13.5. The number of nitrogens with zero attached hydrogens (tertiary/aromatic N) is 2. The van der Waals surface area contributed by atoms with Crippen molar-refractivity contribution in [1.82, 2.24) is 4.90 Å². The molecule has 6 heteroatoms. The normalized spacial score (nSPS) is 19.8. The summed E-state index contributed by atoms with van der Waals surface area (Å²) in [5.74, 6) is 1.42. The molecule has 2 aliphatic heterocycles. The van der Waals surface area contributed by atoms with Crippen LogP contribution >= 0.6 is 11.8 Å². The predicted molar refractivity (Wildman–Crippen MR) is 121 cm³/mol. The molecule has 0 aliphatic carbocycles. The van der Waals surface area contributed by atoms with Crippen molar-refractivity contribution in [2.45, 2.75) is 23.6 Å². The van der Waals surface area contributed by atoms with Gasteiger partial charge in [-0.2, -0.15) is 0 Å². The molecule has 0 aromatic heterocycles. The highest BCUT2D eigenvalue weighted by Gasteiger charge is 2.43. The summed E-state index contributed by atoms with van der Waals surface area (Å²) in [5, 5.41) is 9.57. The number of phenolic OH excluding ortho intramolecular Hbond substituents is 1. The third kappa shape index (κ3) is 4.03. The fourth-order valence-corrected chi connectivity index (χ4v) is 4.88. The van der Waals surface area contributed by atoms with Crippen molar-refractivity contribution in [3.8, 4) is 5.75 Å². The third-order valence-electron chi connectivity index (χ3n) is 5.56. The molecular weight excluding hydrogens is 408 g/mol. The zero-order valence-corrected chi connectivity index (χ0v) is 17.7. The molecule has 3 aromatic rings. The Labute approximate surface area is 185 Å². The lowest BCUT2D eigenvalue weighted by atomic mass is 9.99.